The minimum Gasteiger partial charge on any atom is -0.390 e. The first-order valence-corrected chi connectivity index (χ1v) is 23.2. The number of ketones is 4. The Balaban J connectivity index is 0.000000158. The van der Waals surface area contributed by atoms with E-state index in [1.807, 2.05) is 20.8 Å². The van der Waals surface area contributed by atoms with E-state index in [0.717, 1.165) is 11.1 Å². The van der Waals surface area contributed by atoms with Crippen molar-refractivity contribution in [1.82, 2.24) is 0 Å². The number of halogens is 3. The Labute approximate surface area is 367 Å². The molecule has 0 aromatic rings. The summed E-state index contributed by atoms with van der Waals surface area (Å²) in [4.78, 5) is 50.4. The second kappa shape index (κ2) is 13.7. The van der Waals surface area contributed by atoms with Crippen LogP contribution < -0.4 is 0 Å². The van der Waals surface area contributed by atoms with Gasteiger partial charge < -0.3 is 34.3 Å². The first kappa shape index (κ1) is 44.9. The van der Waals surface area contributed by atoms with Crippen molar-refractivity contribution in [1.29, 1.82) is 0 Å². The van der Waals surface area contributed by atoms with Gasteiger partial charge in [0.1, 0.15) is 12.3 Å². The van der Waals surface area contributed by atoms with Crippen LogP contribution in [0.1, 0.15) is 120 Å². The van der Waals surface area contributed by atoms with Crippen molar-refractivity contribution >= 4 is 34.7 Å². The molecule has 8 fully saturated rings. The number of rotatable bonds is 4. The molecule has 0 bridgehead atoms. The van der Waals surface area contributed by atoms with Gasteiger partial charge in [-0.05, 0) is 122 Å². The number of fused-ring (bicyclic) bond motifs is 14. The first-order chi connectivity index (χ1) is 28.7. The van der Waals surface area contributed by atoms with Gasteiger partial charge in [0.15, 0.2) is 51.6 Å². The summed E-state index contributed by atoms with van der Waals surface area (Å²) >= 11 is 6.05. The van der Waals surface area contributed by atoms with Gasteiger partial charge in [0.25, 0.3) is 0 Å². The van der Waals surface area contributed by atoms with Crippen LogP contribution >= 0.6 is 11.6 Å². The van der Waals surface area contributed by atoms with Crippen molar-refractivity contribution < 1.29 is 62.2 Å². The second-order valence-corrected chi connectivity index (χ2v) is 22.5. The van der Waals surface area contributed by atoms with Gasteiger partial charge in [-0.25, -0.2) is 8.78 Å². The van der Waals surface area contributed by atoms with Gasteiger partial charge in [0.05, 0.1) is 30.3 Å². The van der Waals surface area contributed by atoms with E-state index in [9.17, 15) is 34.5 Å². The highest BCUT2D eigenvalue weighted by molar-refractivity contribution is 6.29. The van der Waals surface area contributed by atoms with Crippen molar-refractivity contribution in [2.45, 2.75) is 178 Å². The van der Waals surface area contributed by atoms with Crippen molar-refractivity contribution in [3.8, 4) is 0 Å². The van der Waals surface area contributed by atoms with E-state index in [-0.39, 0.29) is 47.9 Å². The number of carbonyl (C=O) groups is 4. The number of aliphatic hydroxyl groups is 3. The predicted molar refractivity (Wildman–Crippen MR) is 221 cm³/mol. The van der Waals surface area contributed by atoms with Crippen molar-refractivity contribution in [3.63, 3.8) is 0 Å². The van der Waals surface area contributed by atoms with E-state index in [1.165, 1.54) is 12.2 Å². The van der Waals surface area contributed by atoms with E-state index < -0.39 is 104 Å². The third kappa shape index (κ3) is 5.28. The molecule has 0 aromatic carbocycles. The van der Waals surface area contributed by atoms with Crippen LogP contribution in [0.25, 0.3) is 0 Å². The zero-order valence-electron chi connectivity index (χ0n) is 37.2. The number of Topliss-reactive ketones (excluding diaryl/α,β-unsaturated/α-hetero) is 2. The molecule has 2 aliphatic heterocycles. The lowest BCUT2D eigenvalue weighted by atomic mass is 9.44. The summed E-state index contributed by atoms with van der Waals surface area (Å²) in [5, 5.41) is 32.6. The van der Waals surface area contributed by atoms with Crippen LogP contribution in [0.2, 0.25) is 0 Å². The summed E-state index contributed by atoms with van der Waals surface area (Å²) in [6, 6.07) is 0. The highest BCUT2D eigenvalue weighted by Crippen LogP contribution is 2.74. The number of alkyl halides is 3. The van der Waals surface area contributed by atoms with Gasteiger partial charge in [-0.3, -0.25) is 19.2 Å². The average Bonchev–Trinajstić information content (AvgIpc) is 3.81. The van der Waals surface area contributed by atoms with Crippen LogP contribution in [0.3, 0.4) is 0 Å². The van der Waals surface area contributed by atoms with Crippen LogP contribution in [-0.2, 0) is 38.1 Å². The Morgan fingerprint density at radius 1 is 0.726 bits per heavy atom. The molecule has 0 amide bonds. The van der Waals surface area contributed by atoms with Crippen LogP contribution in [0, 0.1) is 45.3 Å². The molecule has 2 heterocycles. The van der Waals surface area contributed by atoms with Gasteiger partial charge in [0.2, 0.25) is 0 Å². The molecule has 6 saturated carbocycles. The number of aliphatic hydroxyl groups excluding tert-OH is 3. The Bertz CT molecular complexity index is 2100. The maximum absolute atomic E-state index is 17.2. The number of hydrogen-bond acceptors (Lipinski definition) is 11. The molecular formula is C48H63ClF2O11. The van der Waals surface area contributed by atoms with Gasteiger partial charge in [-0.1, -0.05) is 38.0 Å². The quantitative estimate of drug-likeness (QED) is 0.271. The fourth-order valence-electron chi connectivity index (χ4n) is 16.2. The molecule has 4 unspecified atom stereocenters. The highest BCUT2D eigenvalue weighted by Gasteiger charge is 2.82. The van der Waals surface area contributed by atoms with E-state index in [2.05, 4.69) is 0 Å². The summed E-state index contributed by atoms with van der Waals surface area (Å²) < 4.78 is 59.3. The Kier molecular flexibility index (Phi) is 9.91. The molecule has 10 aliphatic rings. The zero-order valence-corrected chi connectivity index (χ0v) is 37.9. The zero-order chi connectivity index (χ0) is 45.2. The molecule has 0 aromatic heterocycles. The summed E-state index contributed by atoms with van der Waals surface area (Å²) in [6.45, 7) is 13.8. The molecule has 11 nitrogen and oxygen atoms in total. The van der Waals surface area contributed by atoms with Gasteiger partial charge in [-0.15, -0.1) is 11.6 Å². The lowest BCUT2D eigenvalue weighted by Gasteiger charge is -2.63. The normalized spacial score (nSPS) is 52.4. The largest absolute Gasteiger partial charge is 0.390 e. The molecule has 16 atom stereocenters. The SMILES string of the molecule is CC1(C)O[C@@H]2CC3[C@@H]4CCC5=CC(=O)C=C[C@]5(C)[C@@]4(F)[C@@H](O)C[C@]3(C)C2(C(=O)CO)O1.CC1(C)O[C@@H]2CC3[C@@H]4CCC5=CC(=O)CC[C@]5(C)[C@@]4(F)[C@@H](O)C[C@]3(C)C2(C(=O)CCl)O1. The molecule has 0 radical (unpaired) electrons. The molecule has 2 saturated heterocycles. The molecule has 3 N–H and O–H groups in total. The standard InChI is InChI=1S/C24H32ClFO5.C24H31FO6/c1-20(2)30-19-10-16-15-6-5-13-9-14(27)7-8-21(13,3)23(15,26)17(28)11-22(16,4)24(19,31-20)18(29)12-25;1-20(2)30-19-10-16-15-6-5-13-9-14(27)7-8-21(13,3)23(15,25)17(28)11-22(16,4)24(19,31-20)18(29)12-26/h9,15-17,19,28H,5-8,10-12H2,1-4H3;7-9,15-17,19,26,28H,5-6,10-12H2,1-4H3/t2*15-,16?,17-,19+,21-,22-,23-,24?/m00/s1. The number of hydrogen-bond donors (Lipinski definition) is 3. The van der Waals surface area contributed by atoms with E-state index >= 15 is 8.78 Å². The van der Waals surface area contributed by atoms with Gasteiger partial charge in [0, 0.05) is 39.9 Å². The predicted octanol–water partition coefficient (Wildman–Crippen LogP) is 6.31. The molecule has 10 rings (SSSR count). The maximum atomic E-state index is 17.2. The molecule has 8 aliphatic carbocycles. The fourth-order valence-corrected chi connectivity index (χ4v) is 16.4. The second-order valence-electron chi connectivity index (χ2n) is 22.2. The minimum atomic E-state index is -1.98. The smallest absolute Gasteiger partial charge is 0.193 e. The molecule has 14 heteroatoms. The summed E-state index contributed by atoms with van der Waals surface area (Å²) in [7, 11) is 0. The monoisotopic (exact) mass is 888 g/mol. The van der Waals surface area contributed by atoms with E-state index in [1.54, 1.807) is 46.8 Å². The Morgan fingerprint density at radius 2 is 1.23 bits per heavy atom. The molecule has 0 spiro atoms. The highest BCUT2D eigenvalue weighted by atomic mass is 35.5. The third-order valence-corrected chi connectivity index (χ3v) is 19.0. The van der Waals surface area contributed by atoms with Gasteiger partial charge >= 0.3 is 0 Å². The van der Waals surface area contributed by atoms with Crippen LogP contribution in [0.5, 0.6) is 0 Å². The van der Waals surface area contributed by atoms with Crippen molar-refractivity contribution in [3.05, 3.63) is 35.5 Å². The average molecular weight is 889 g/mol. The lowest BCUT2D eigenvalue weighted by Crippen LogP contribution is -2.70. The van der Waals surface area contributed by atoms with Crippen LogP contribution in [0.4, 0.5) is 8.78 Å². The van der Waals surface area contributed by atoms with Crippen LogP contribution in [0.15, 0.2) is 35.5 Å². The summed E-state index contributed by atoms with van der Waals surface area (Å²) in [5.41, 5.74) is -8.66. The first-order valence-electron chi connectivity index (χ1n) is 22.6. The van der Waals surface area contributed by atoms with Crippen molar-refractivity contribution in [2.75, 3.05) is 12.5 Å². The number of allylic oxidation sites excluding steroid dienone is 5. The minimum absolute atomic E-state index is 0.0109. The Hall–Kier alpha value is -2.23. The topological polar surface area (TPSA) is 166 Å². The van der Waals surface area contributed by atoms with E-state index in [4.69, 9.17) is 30.5 Å². The number of carbonyl (C=O) groups excluding carboxylic acids is 4. The van der Waals surface area contributed by atoms with E-state index in [0.29, 0.717) is 51.4 Å². The maximum Gasteiger partial charge on any atom is 0.193 e. The lowest BCUT2D eigenvalue weighted by molar-refractivity contribution is -0.250. The molecule has 62 heavy (non-hydrogen) atoms. The third-order valence-electron chi connectivity index (χ3n) is 18.8. The number of ether oxygens (including phenoxy) is 4. The van der Waals surface area contributed by atoms with Crippen molar-refractivity contribution in [2.24, 2.45) is 45.3 Å². The fraction of sp³-hybridized carbons (Fsp3) is 0.792. The Morgan fingerprint density at radius 3 is 1.76 bits per heavy atom. The van der Waals surface area contributed by atoms with Crippen LogP contribution in [-0.4, -0.2) is 109 Å². The molecular weight excluding hydrogens is 826 g/mol. The van der Waals surface area contributed by atoms with Gasteiger partial charge in [-0.2, -0.15) is 0 Å². The summed E-state index contributed by atoms with van der Waals surface area (Å²) in [6.07, 6.45) is 6.28. The molecule has 342 valence electrons. The summed E-state index contributed by atoms with van der Waals surface area (Å²) in [5.74, 6) is -4.47.